The second-order valence-electron chi connectivity index (χ2n) is 4.35. The van der Waals surface area contributed by atoms with Crippen LogP contribution in [0.5, 0.6) is 0 Å². The fraction of sp³-hybridized carbons (Fsp3) is 0.143. The molecule has 5 nitrogen and oxygen atoms in total. The van der Waals surface area contributed by atoms with Crippen molar-refractivity contribution in [1.29, 1.82) is 0 Å². The Morgan fingerprint density at radius 2 is 2.05 bits per heavy atom. The Bertz CT molecular complexity index is 688. The van der Waals surface area contributed by atoms with Gasteiger partial charge in [0.15, 0.2) is 5.82 Å². The van der Waals surface area contributed by atoms with E-state index in [1.807, 2.05) is 31.2 Å². The molecule has 1 aromatic heterocycles. The number of aromatic nitrogens is 2. The molecule has 5 heteroatoms. The molecule has 94 valence electrons. The van der Waals surface area contributed by atoms with Gasteiger partial charge < -0.3 is 5.73 Å². The minimum atomic E-state index is 0.390. The predicted molar refractivity (Wildman–Crippen MR) is 76.3 cm³/mol. The maximum absolute atomic E-state index is 5.88. The Morgan fingerprint density at radius 1 is 1.21 bits per heavy atom. The molecule has 0 unspecified atom stereocenters. The first-order valence-corrected chi connectivity index (χ1v) is 6.03. The highest BCUT2D eigenvalue weighted by molar-refractivity contribution is 6.10. The molecule has 0 aliphatic carbocycles. The van der Waals surface area contributed by atoms with E-state index in [0.29, 0.717) is 17.9 Å². The normalized spacial score (nSPS) is 13.6. The molecule has 0 fully saturated rings. The highest BCUT2D eigenvalue weighted by Gasteiger charge is 2.15. The predicted octanol–water partition coefficient (Wildman–Crippen LogP) is 2.21. The van der Waals surface area contributed by atoms with Gasteiger partial charge in [-0.1, -0.05) is 24.3 Å². The average Bonchev–Trinajstić information content (AvgIpc) is 2.94. The summed E-state index contributed by atoms with van der Waals surface area (Å²) in [6.07, 6.45) is 4.07. The number of hydrogen-bond donors (Lipinski definition) is 1. The fourth-order valence-electron chi connectivity index (χ4n) is 2.02. The van der Waals surface area contributed by atoms with Crippen molar-refractivity contribution in [2.24, 2.45) is 10.2 Å². The van der Waals surface area contributed by atoms with Crippen LogP contribution in [0.25, 0.3) is 11.3 Å². The number of nitrogens with zero attached hydrogens (tertiary/aromatic N) is 4. The van der Waals surface area contributed by atoms with Crippen molar-refractivity contribution in [3.63, 3.8) is 0 Å². The van der Waals surface area contributed by atoms with Crippen LogP contribution in [0.3, 0.4) is 0 Å². The van der Waals surface area contributed by atoms with Crippen LogP contribution in [-0.4, -0.2) is 21.9 Å². The van der Waals surface area contributed by atoms with Crippen molar-refractivity contribution in [2.75, 3.05) is 5.73 Å². The van der Waals surface area contributed by atoms with Crippen LogP contribution in [0.2, 0.25) is 0 Å². The molecule has 0 saturated heterocycles. The molecule has 0 radical (unpaired) electrons. The summed E-state index contributed by atoms with van der Waals surface area (Å²) in [7, 11) is 0. The Hall–Kier alpha value is -2.56. The number of rotatable bonds is 2. The van der Waals surface area contributed by atoms with Crippen LogP contribution in [0, 0.1) is 6.92 Å². The van der Waals surface area contributed by atoms with Gasteiger partial charge in [0.2, 0.25) is 0 Å². The van der Waals surface area contributed by atoms with Crippen LogP contribution >= 0.6 is 0 Å². The SMILES string of the molecule is Cc1ccccc1-c1cnc(N)c(C2=NN=CC2)n1. The summed E-state index contributed by atoms with van der Waals surface area (Å²) in [5.74, 6) is 0.390. The van der Waals surface area contributed by atoms with Gasteiger partial charge in [0, 0.05) is 18.2 Å². The maximum Gasteiger partial charge on any atom is 0.151 e. The van der Waals surface area contributed by atoms with E-state index in [1.54, 1.807) is 12.4 Å². The van der Waals surface area contributed by atoms with Crippen LogP contribution in [0.4, 0.5) is 5.82 Å². The quantitative estimate of drug-likeness (QED) is 0.889. The van der Waals surface area contributed by atoms with Crippen LogP contribution in [0.15, 0.2) is 40.7 Å². The fourth-order valence-corrected chi connectivity index (χ4v) is 2.02. The number of benzene rings is 1. The molecular weight excluding hydrogens is 238 g/mol. The number of nitrogens with two attached hydrogens (primary N) is 1. The Kier molecular flexibility index (Phi) is 2.79. The molecule has 1 aliphatic rings. The minimum Gasteiger partial charge on any atom is -0.382 e. The zero-order valence-electron chi connectivity index (χ0n) is 10.5. The third-order valence-electron chi connectivity index (χ3n) is 3.04. The van der Waals surface area contributed by atoms with Gasteiger partial charge in [-0.3, -0.25) is 0 Å². The van der Waals surface area contributed by atoms with E-state index >= 15 is 0 Å². The second kappa shape index (κ2) is 4.61. The Morgan fingerprint density at radius 3 is 2.79 bits per heavy atom. The molecule has 2 N–H and O–H groups in total. The van der Waals surface area contributed by atoms with Gasteiger partial charge in [-0.05, 0) is 12.5 Å². The van der Waals surface area contributed by atoms with E-state index in [0.717, 1.165) is 22.5 Å². The molecule has 19 heavy (non-hydrogen) atoms. The lowest BCUT2D eigenvalue weighted by atomic mass is 10.1. The summed E-state index contributed by atoms with van der Waals surface area (Å²) < 4.78 is 0. The van der Waals surface area contributed by atoms with Crippen molar-refractivity contribution >= 4 is 17.7 Å². The first kappa shape index (κ1) is 11.5. The third-order valence-corrected chi connectivity index (χ3v) is 3.04. The number of hydrogen-bond acceptors (Lipinski definition) is 5. The monoisotopic (exact) mass is 251 g/mol. The summed E-state index contributed by atoms with van der Waals surface area (Å²) in [4.78, 5) is 8.81. The summed E-state index contributed by atoms with van der Waals surface area (Å²) in [6.45, 7) is 2.04. The smallest absolute Gasteiger partial charge is 0.151 e. The van der Waals surface area contributed by atoms with Crippen molar-refractivity contribution in [1.82, 2.24) is 9.97 Å². The summed E-state index contributed by atoms with van der Waals surface area (Å²) >= 11 is 0. The Balaban J connectivity index is 2.10. The lowest BCUT2D eigenvalue weighted by Crippen LogP contribution is -2.09. The van der Waals surface area contributed by atoms with Gasteiger partial charge in [-0.2, -0.15) is 10.2 Å². The van der Waals surface area contributed by atoms with Crippen molar-refractivity contribution in [2.45, 2.75) is 13.3 Å². The molecule has 0 atom stereocenters. The molecular formula is C14H13N5. The van der Waals surface area contributed by atoms with E-state index in [2.05, 4.69) is 20.2 Å². The standard InChI is InChI=1S/C14H13N5/c1-9-4-2-3-5-10(9)12-8-16-14(15)13(18-12)11-6-7-17-19-11/h2-5,7-8H,6H2,1H3,(H2,15,16). The summed E-state index contributed by atoms with van der Waals surface area (Å²) in [5, 5.41) is 7.87. The number of anilines is 1. The zero-order valence-corrected chi connectivity index (χ0v) is 10.5. The van der Waals surface area contributed by atoms with Crippen LogP contribution < -0.4 is 5.73 Å². The maximum atomic E-state index is 5.88. The van der Waals surface area contributed by atoms with Gasteiger partial charge in [0.1, 0.15) is 5.69 Å². The molecule has 2 heterocycles. The molecule has 0 saturated carbocycles. The van der Waals surface area contributed by atoms with E-state index in [-0.39, 0.29) is 0 Å². The minimum absolute atomic E-state index is 0.390. The van der Waals surface area contributed by atoms with Crippen molar-refractivity contribution < 1.29 is 0 Å². The van der Waals surface area contributed by atoms with E-state index in [4.69, 9.17) is 5.73 Å². The molecule has 0 amide bonds. The topological polar surface area (TPSA) is 76.5 Å². The van der Waals surface area contributed by atoms with Gasteiger partial charge in [-0.25, -0.2) is 9.97 Å². The molecule has 1 aromatic carbocycles. The van der Waals surface area contributed by atoms with Gasteiger partial charge in [0.05, 0.1) is 17.6 Å². The summed E-state index contributed by atoms with van der Waals surface area (Å²) in [6, 6.07) is 8.05. The molecule has 1 aliphatic heterocycles. The third kappa shape index (κ3) is 2.10. The first-order chi connectivity index (χ1) is 9.25. The first-order valence-electron chi connectivity index (χ1n) is 6.03. The summed E-state index contributed by atoms with van der Waals surface area (Å²) in [5.41, 5.74) is 10.3. The van der Waals surface area contributed by atoms with Crippen molar-refractivity contribution in [3.8, 4) is 11.3 Å². The second-order valence-corrected chi connectivity index (χ2v) is 4.35. The van der Waals surface area contributed by atoms with E-state index in [9.17, 15) is 0 Å². The highest BCUT2D eigenvalue weighted by atomic mass is 15.2. The highest BCUT2D eigenvalue weighted by Crippen LogP contribution is 2.23. The average molecular weight is 251 g/mol. The van der Waals surface area contributed by atoms with E-state index in [1.165, 1.54) is 0 Å². The largest absolute Gasteiger partial charge is 0.382 e. The number of nitrogen functional groups attached to an aromatic ring is 1. The molecule has 3 rings (SSSR count). The number of aryl methyl sites for hydroxylation is 1. The van der Waals surface area contributed by atoms with Gasteiger partial charge in [-0.15, -0.1) is 0 Å². The lowest BCUT2D eigenvalue weighted by Gasteiger charge is -2.08. The van der Waals surface area contributed by atoms with Gasteiger partial charge in [0.25, 0.3) is 0 Å². The molecule has 0 spiro atoms. The zero-order chi connectivity index (χ0) is 13.2. The van der Waals surface area contributed by atoms with Gasteiger partial charge >= 0.3 is 0 Å². The van der Waals surface area contributed by atoms with E-state index < -0.39 is 0 Å². The molecule has 2 aromatic rings. The van der Waals surface area contributed by atoms with Crippen LogP contribution in [0.1, 0.15) is 17.7 Å². The van der Waals surface area contributed by atoms with Crippen molar-refractivity contribution in [3.05, 3.63) is 41.7 Å². The lowest BCUT2D eigenvalue weighted by molar-refractivity contribution is 1.17. The Labute approximate surface area is 110 Å². The van der Waals surface area contributed by atoms with Crippen LogP contribution in [-0.2, 0) is 0 Å². The molecule has 0 bridgehead atoms.